The zero-order valence-corrected chi connectivity index (χ0v) is 14.1. The molecule has 126 valence electrons. The predicted molar refractivity (Wildman–Crippen MR) is 90.1 cm³/mol. The number of carbonyl (C=O) groups excluding carboxylic acids is 1. The molecule has 3 rings (SSSR count). The molecule has 1 N–H and O–H groups in total. The number of hydrogen-bond acceptors (Lipinski definition) is 5. The number of aromatic nitrogens is 1. The Kier molecular flexibility index (Phi) is 5.25. The lowest BCUT2D eigenvalue weighted by Gasteiger charge is -2.42. The third-order valence-corrected chi connectivity index (χ3v) is 4.96. The molecule has 2 atom stereocenters. The molecule has 2 saturated heterocycles. The van der Waals surface area contributed by atoms with Crippen LogP contribution < -0.4 is 5.32 Å². The second kappa shape index (κ2) is 7.38. The Hall–Kier alpha value is -1.50. The van der Waals surface area contributed by atoms with Crippen molar-refractivity contribution in [2.24, 2.45) is 0 Å². The van der Waals surface area contributed by atoms with Crippen LogP contribution in [0.3, 0.4) is 0 Å². The molecule has 6 nitrogen and oxygen atoms in total. The van der Waals surface area contributed by atoms with E-state index in [9.17, 15) is 4.79 Å². The molecule has 0 spiro atoms. The van der Waals surface area contributed by atoms with E-state index in [-0.39, 0.29) is 11.9 Å². The van der Waals surface area contributed by atoms with Gasteiger partial charge in [0.2, 0.25) is 5.91 Å². The van der Waals surface area contributed by atoms with Gasteiger partial charge in [-0.3, -0.25) is 14.7 Å². The highest BCUT2D eigenvalue weighted by molar-refractivity contribution is 5.83. The molecule has 1 aromatic rings. The van der Waals surface area contributed by atoms with Crippen molar-refractivity contribution in [3.05, 3.63) is 30.1 Å². The van der Waals surface area contributed by atoms with Crippen LogP contribution in [0.2, 0.25) is 0 Å². The maximum Gasteiger partial charge on any atom is 0.244 e. The van der Waals surface area contributed by atoms with E-state index in [2.05, 4.69) is 34.1 Å². The number of pyridine rings is 1. The summed E-state index contributed by atoms with van der Waals surface area (Å²) in [4.78, 5) is 24.0. The molecule has 0 aromatic carbocycles. The number of hydrogen-bond donors (Lipinski definition) is 1. The van der Waals surface area contributed by atoms with E-state index in [4.69, 9.17) is 0 Å². The summed E-state index contributed by atoms with van der Waals surface area (Å²) in [6.07, 6.45) is 3.57. The molecule has 0 aliphatic carbocycles. The fourth-order valence-corrected chi connectivity index (χ4v) is 3.46. The monoisotopic (exact) mass is 317 g/mol. The maximum absolute atomic E-state index is 13.3. The Labute approximate surface area is 138 Å². The normalized spacial score (nSPS) is 25.3. The number of nitrogens with zero attached hydrogens (tertiary/aromatic N) is 4. The van der Waals surface area contributed by atoms with Gasteiger partial charge in [-0.15, -0.1) is 0 Å². The summed E-state index contributed by atoms with van der Waals surface area (Å²) in [5, 5.41) is 3.41. The molecule has 0 bridgehead atoms. The molecule has 1 amide bonds. The van der Waals surface area contributed by atoms with Crippen LogP contribution in [0.1, 0.15) is 18.5 Å². The molecule has 1 aromatic heterocycles. The van der Waals surface area contributed by atoms with Crippen molar-refractivity contribution in [3.8, 4) is 0 Å². The van der Waals surface area contributed by atoms with E-state index in [0.29, 0.717) is 6.04 Å². The minimum Gasteiger partial charge on any atom is -0.338 e. The zero-order chi connectivity index (χ0) is 16.2. The second-order valence-corrected chi connectivity index (χ2v) is 6.60. The second-order valence-electron chi connectivity index (χ2n) is 6.60. The first-order valence-corrected chi connectivity index (χ1v) is 8.50. The maximum atomic E-state index is 13.3. The first kappa shape index (κ1) is 16.4. The van der Waals surface area contributed by atoms with Crippen molar-refractivity contribution >= 4 is 5.91 Å². The molecule has 6 heteroatoms. The van der Waals surface area contributed by atoms with Crippen LogP contribution in [0, 0.1) is 0 Å². The third-order valence-electron chi connectivity index (χ3n) is 4.96. The first-order chi connectivity index (χ1) is 11.2. The van der Waals surface area contributed by atoms with Crippen LogP contribution in [0.5, 0.6) is 0 Å². The summed E-state index contributed by atoms with van der Waals surface area (Å²) in [6, 6.07) is 4.11. The topological polar surface area (TPSA) is 51.7 Å². The molecule has 3 heterocycles. The van der Waals surface area contributed by atoms with E-state index in [1.165, 1.54) is 0 Å². The van der Waals surface area contributed by atoms with Gasteiger partial charge in [-0.2, -0.15) is 0 Å². The molecule has 0 radical (unpaired) electrons. The summed E-state index contributed by atoms with van der Waals surface area (Å²) in [5.41, 5.74) is 1.05. The van der Waals surface area contributed by atoms with E-state index < -0.39 is 0 Å². The number of carbonyl (C=O) groups is 1. The standard InChI is InChI=1S/C17H27N5O/c1-14-13-19-7-8-22(14)16(15-3-5-18-6-4-15)17(23)21-11-9-20(2)10-12-21/h3-6,14,16,19H,7-13H2,1-2H3. The van der Waals surface area contributed by atoms with Crippen LogP contribution in [0.4, 0.5) is 0 Å². The zero-order valence-electron chi connectivity index (χ0n) is 14.1. The Balaban J connectivity index is 1.84. The predicted octanol–water partition coefficient (Wildman–Crippen LogP) is 0.190. The van der Waals surface area contributed by atoms with Crippen LogP contribution in [0.15, 0.2) is 24.5 Å². The lowest BCUT2D eigenvalue weighted by molar-refractivity contribution is -0.140. The van der Waals surface area contributed by atoms with Gasteiger partial charge in [0.25, 0.3) is 0 Å². The SMILES string of the molecule is CC1CNCCN1C(C(=O)N1CCN(C)CC1)c1ccncc1. The smallest absolute Gasteiger partial charge is 0.244 e. The Bertz CT molecular complexity index is 515. The minimum absolute atomic E-state index is 0.196. The third kappa shape index (κ3) is 3.71. The van der Waals surface area contributed by atoms with Crippen molar-refractivity contribution in [1.82, 2.24) is 25.0 Å². The van der Waals surface area contributed by atoms with E-state index >= 15 is 0 Å². The fraction of sp³-hybridized carbons (Fsp3) is 0.647. The number of likely N-dealkylation sites (N-methyl/N-ethyl adjacent to an activating group) is 1. The van der Waals surface area contributed by atoms with E-state index in [1.54, 1.807) is 12.4 Å². The van der Waals surface area contributed by atoms with Gasteiger partial charge < -0.3 is 15.1 Å². The van der Waals surface area contributed by atoms with Gasteiger partial charge in [0, 0.05) is 64.2 Å². The molecular formula is C17H27N5O. The summed E-state index contributed by atoms with van der Waals surface area (Å²) >= 11 is 0. The highest BCUT2D eigenvalue weighted by Gasteiger charge is 2.35. The van der Waals surface area contributed by atoms with Crippen molar-refractivity contribution in [3.63, 3.8) is 0 Å². The highest BCUT2D eigenvalue weighted by Crippen LogP contribution is 2.26. The lowest BCUT2D eigenvalue weighted by atomic mass is 10.0. The molecule has 2 unspecified atom stereocenters. The summed E-state index contributed by atoms with van der Waals surface area (Å²) in [6.45, 7) is 8.48. The average Bonchev–Trinajstić information content (AvgIpc) is 2.58. The Morgan fingerprint density at radius 1 is 1.22 bits per heavy atom. The van der Waals surface area contributed by atoms with Crippen LogP contribution >= 0.6 is 0 Å². The van der Waals surface area contributed by atoms with Crippen molar-refractivity contribution < 1.29 is 4.79 Å². The minimum atomic E-state index is -0.196. The van der Waals surface area contributed by atoms with Crippen molar-refractivity contribution in [1.29, 1.82) is 0 Å². The Morgan fingerprint density at radius 3 is 2.57 bits per heavy atom. The Morgan fingerprint density at radius 2 is 1.91 bits per heavy atom. The fourth-order valence-electron chi connectivity index (χ4n) is 3.46. The highest BCUT2D eigenvalue weighted by atomic mass is 16.2. The molecule has 23 heavy (non-hydrogen) atoms. The van der Waals surface area contributed by atoms with Crippen LogP contribution in [0.25, 0.3) is 0 Å². The molecule has 2 aliphatic rings. The largest absolute Gasteiger partial charge is 0.338 e. The van der Waals surface area contributed by atoms with Gasteiger partial charge in [0.05, 0.1) is 0 Å². The lowest BCUT2D eigenvalue weighted by Crippen LogP contribution is -2.56. The molecular weight excluding hydrogens is 290 g/mol. The molecule has 2 fully saturated rings. The van der Waals surface area contributed by atoms with Crippen LogP contribution in [-0.4, -0.2) is 84.5 Å². The molecule has 0 saturated carbocycles. The van der Waals surface area contributed by atoms with Crippen molar-refractivity contribution in [2.75, 3.05) is 52.9 Å². The first-order valence-electron chi connectivity index (χ1n) is 8.50. The number of nitrogens with one attached hydrogen (secondary N) is 1. The summed E-state index contributed by atoms with van der Waals surface area (Å²) < 4.78 is 0. The summed E-state index contributed by atoms with van der Waals surface area (Å²) in [5.74, 6) is 0.234. The van der Waals surface area contributed by atoms with E-state index in [1.807, 2.05) is 17.0 Å². The average molecular weight is 317 g/mol. The van der Waals surface area contributed by atoms with Gasteiger partial charge in [0.15, 0.2) is 0 Å². The van der Waals surface area contributed by atoms with Gasteiger partial charge >= 0.3 is 0 Å². The van der Waals surface area contributed by atoms with Gasteiger partial charge in [-0.05, 0) is 31.7 Å². The summed E-state index contributed by atoms with van der Waals surface area (Å²) in [7, 11) is 2.11. The quantitative estimate of drug-likeness (QED) is 0.862. The van der Waals surface area contributed by atoms with Crippen LogP contribution in [-0.2, 0) is 4.79 Å². The van der Waals surface area contributed by atoms with E-state index in [0.717, 1.165) is 51.4 Å². The molecule has 2 aliphatic heterocycles. The number of amides is 1. The van der Waals surface area contributed by atoms with Gasteiger partial charge in [-0.25, -0.2) is 0 Å². The van der Waals surface area contributed by atoms with Crippen molar-refractivity contribution in [2.45, 2.75) is 19.0 Å². The van der Waals surface area contributed by atoms with Gasteiger partial charge in [0.1, 0.15) is 6.04 Å². The van der Waals surface area contributed by atoms with Gasteiger partial charge in [-0.1, -0.05) is 0 Å². The number of rotatable bonds is 3. The number of piperazine rings is 2.